The molecule has 0 bridgehead atoms. The van der Waals surface area contributed by atoms with Crippen LogP contribution in [0.25, 0.3) is 11.1 Å². The third-order valence-electron chi connectivity index (χ3n) is 5.00. The smallest absolute Gasteiger partial charge is 0.251 e. The van der Waals surface area contributed by atoms with E-state index in [1.807, 2.05) is 29.2 Å². The summed E-state index contributed by atoms with van der Waals surface area (Å²) in [6.07, 6.45) is 2.85. The molecule has 3 aromatic rings. The second-order valence-corrected chi connectivity index (χ2v) is 7.63. The fraction of sp³-hybridized carbons (Fsp3) is 0.318. The van der Waals surface area contributed by atoms with Gasteiger partial charge in [0.15, 0.2) is 11.5 Å². The Hall–Kier alpha value is -2.86. The van der Waals surface area contributed by atoms with Crippen molar-refractivity contribution in [1.82, 2.24) is 15.2 Å². The number of amides is 2. The Balaban J connectivity index is 1.35. The van der Waals surface area contributed by atoms with Crippen LogP contribution in [0.5, 0.6) is 0 Å². The van der Waals surface area contributed by atoms with Gasteiger partial charge >= 0.3 is 0 Å². The molecule has 0 unspecified atom stereocenters. The number of halogens is 1. The highest BCUT2D eigenvalue weighted by Crippen LogP contribution is 2.20. The van der Waals surface area contributed by atoms with Gasteiger partial charge in [0.25, 0.3) is 5.91 Å². The summed E-state index contributed by atoms with van der Waals surface area (Å²) in [4.78, 5) is 30.4. The van der Waals surface area contributed by atoms with Crippen molar-refractivity contribution in [1.29, 1.82) is 0 Å². The van der Waals surface area contributed by atoms with Crippen LogP contribution in [0.4, 0.5) is 0 Å². The lowest BCUT2D eigenvalue weighted by Gasteiger charge is -2.15. The second-order valence-electron chi connectivity index (χ2n) is 7.19. The van der Waals surface area contributed by atoms with E-state index in [1.165, 1.54) is 0 Å². The summed E-state index contributed by atoms with van der Waals surface area (Å²) in [5.74, 6) is 0.628. The van der Waals surface area contributed by atoms with Gasteiger partial charge in [-0.15, -0.1) is 0 Å². The molecule has 1 N–H and O–H groups in total. The molecule has 2 heterocycles. The first-order valence-electron chi connectivity index (χ1n) is 9.78. The first-order chi connectivity index (χ1) is 14.1. The van der Waals surface area contributed by atoms with Crippen molar-refractivity contribution in [3.63, 3.8) is 0 Å². The Morgan fingerprint density at radius 3 is 2.93 bits per heavy atom. The summed E-state index contributed by atoms with van der Waals surface area (Å²) in [6.45, 7) is 2.04. The van der Waals surface area contributed by atoms with Crippen molar-refractivity contribution in [3.05, 3.63) is 64.5 Å². The first kappa shape index (κ1) is 19.5. The summed E-state index contributed by atoms with van der Waals surface area (Å²) in [5.41, 5.74) is 2.84. The Labute approximate surface area is 173 Å². The highest BCUT2D eigenvalue weighted by atomic mass is 35.5. The molecule has 0 saturated carbocycles. The first-order valence-corrected chi connectivity index (χ1v) is 10.2. The van der Waals surface area contributed by atoms with Crippen molar-refractivity contribution in [2.24, 2.45) is 0 Å². The minimum absolute atomic E-state index is 0.160. The fourth-order valence-corrected chi connectivity index (χ4v) is 3.74. The molecule has 150 valence electrons. The van der Waals surface area contributed by atoms with E-state index in [-0.39, 0.29) is 11.8 Å². The largest absolute Gasteiger partial charge is 0.440 e. The van der Waals surface area contributed by atoms with Gasteiger partial charge in [-0.05, 0) is 48.7 Å². The number of oxazole rings is 1. The van der Waals surface area contributed by atoms with Crippen molar-refractivity contribution in [3.8, 4) is 0 Å². The van der Waals surface area contributed by atoms with Crippen molar-refractivity contribution in [2.75, 3.05) is 19.6 Å². The summed E-state index contributed by atoms with van der Waals surface area (Å²) < 4.78 is 5.83. The maximum absolute atomic E-state index is 12.4. The highest BCUT2D eigenvalue weighted by Gasteiger charge is 2.19. The van der Waals surface area contributed by atoms with E-state index >= 15 is 0 Å². The molecule has 2 amide bonds. The van der Waals surface area contributed by atoms with Gasteiger partial charge in [-0.3, -0.25) is 9.59 Å². The third-order valence-corrected chi connectivity index (χ3v) is 5.24. The predicted octanol–water partition coefficient (Wildman–Crippen LogP) is 3.81. The molecule has 1 fully saturated rings. The Morgan fingerprint density at radius 1 is 1.24 bits per heavy atom. The van der Waals surface area contributed by atoms with Crippen LogP contribution >= 0.6 is 11.6 Å². The summed E-state index contributed by atoms with van der Waals surface area (Å²) in [6, 6.07) is 12.8. The molecular formula is C22H22ClN3O3. The van der Waals surface area contributed by atoms with Gasteiger partial charge in [0.05, 0.1) is 0 Å². The zero-order valence-electron chi connectivity index (χ0n) is 16.0. The molecule has 0 spiro atoms. The van der Waals surface area contributed by atoms with E-state index in [4.69, 9.17) is 16.0 Å². The number of aromatic nitrogens is 1. The van der Waals surface area contributed by atoms with Gasteiger partial charge in [-0.25, -0.2) is 4.98 Å². The normalized spacial score (nSPS) is 14.0. The van der Waals surface area contributed by atoms with Gasteiger partial charge in [-0.2, -0.15) is 0 Å². The zero-order chi connectivity index (χ0) is 20.2. The van der Waals surface area contributed by atoms with Crippen LogP contribution < -0.4 is 5.32 Å². The summed E-state index contributed by atoms with van der Waals surface area (Å²) >= 11 is 6.03. The van der Waals surface area contributed by atoms with E-state index < -0.39 is 0 Å². The number of benzene rings is 2. The maximum atomic E-state index is 12.4. The van der Waals surface area contributed by atoms with Gasteiger partial charge in [0.2, 0.25) is 5.91 Å². The van der Waals surface area contributed by atoms with E-state index in [2.05, 4.69) is 10.3 Å². The quantitative estimate of drug-likeness (QED) is 0.600. The number of fused-ring (bicyclic) bond motifs is 1. The zero-order valence-corrected chi connectivity index (χ0v) is 16.7. The molecular weight excluding hydrogens is 390 g/mol. The minimum Gasteiger partial charge on any atom is -0.440 e. The van der Waals surface area contributed by atoms with Gasteiger partial charge in [0, 0.05) is 43.1 Å². The molecule has 1 aliphatic heterocycles. The highest BCUT2D eigenvalue weighted by molar-refractivity contribution is 6.30. The van der Waals surface area contributed by atoms with Gasteiger partial charge in [0.1, 0.15) is 5.52 Å². The van der Waals surface area contributed by atoms with Crippen LogP contribution in [0, 0.1) is 0 Å². The maximum Gasteiger partial charge on any atom is 0.251 e. The van der Waals surface area contributed by atoms with Crippen LogP contribution in [0.3, 0.4) is 0 Å². The molecule has 2 aromatic carbocycles. The molecule has 1 aliphatic rings. The van der Waals surface area contributed by atoms with E-state index in [1.54, 1.807) is 18.2 Å². The van der Waals surface area contributed by atoms with Crippen LogP contribution in [0.2, 0.25) is 5.02 Å². The lowest BCUT2D eigenvalue weighted by molar-refractivity contribution is -0.127. The van der Waals surface area contributed by atoms with Crippen LogP contribution in [0.1, 0.15) is 41.1 Å². The predicted molar refractivity (Wildman–Crippen MR) is 111 cm³/mol. The lowest BCUT2D eigenvalue weighted by Crippen LogP contribution is -2.30. The number of rotatable bonds is 7. The second kappa shape index (κ2) is 8.66. The number of carbonyl (C=O) groups is 2. The monoisotopic (exact) mass is 411 g/mol. The number of likely N-dealkylation sites (tertiary alicyclic amines) is 1. The van der Waals surface area contributed by atoms with Crippen LogP contribution in [0.15, 0.2) is 46.9 Å². The molecule has 0 aliphatic carbocycles. The van der Waals surface area contributed by atoms with Crippen molar-refractivity contribution in [2.45, 2.75) is 25.7 Å². The Kier molecular flexibility index (Phi) is 5.81. The van der Waals surface area contributed by atoms with Crippen LogP contribution in [-0.4, -0.2) is 41.3 Å². The molecule has 0 radical (unpaired) electrons. The summed E-state index contributed by atoms with van der Waals surface area (Å²) in [5, 5.41) is 3.57. The van der Waals surface area contributed by atoms with Gasteiger partial charge in [-0.1, -0.05) is 23.7 Å². The third kappa shape index (κ3) is 4.77. The van der Waals surface area contributed by atoms with Crippen LogP contribution in [-0.2, 0) is 11.2 Å². The van der Waals surface area contributed by atoms with E-state index in [0.717, 1.165) is 24.9 Å². The standard InChI is InChI=1S/C22H22ClN3O3/c23-17-5-1-4-15(12-17)13-20-25-18-8-7-16(14-19(18)29-20)22(28)24-9-3-11-26-10-2-6-21(26)27/h1,4-5,7-8,12,14H,2-3,6,9-11,13H2,(H,24,28). The Bertz CT molecular complexity index is 1050. The summed E-state index contributed by atoms with van der Waals surface area (Å²) in [7, 11) is 0. The number of nitrogens with zero attached hydrogens (tertiary/aromatic N) is 2. The lowest BCUT2D eigenvalue weighted by atomic mass is 10.1. The van der Waals surface area contributed by atoms with Crippen molar-refractivity contribution >= 4 is 34.5 Å². The van der Waals surface area contributed by atoms with Gasteiger partial charge < -0.3 is 14.6 Å². The average Bonchev–Trinajstić information content (AvgIpc) is 3.29. The number of carbonyl (C=O) groups excluding carboxylic acids is 2. The molecule has 6 nitrogen and oxygen atoms in total. The van der Waals surface area contributed by atoms with Crippen molar-refractivity contribution < 1.29 is 14.0 Å². The molecule has 7 heteroatoms. The number of hydrogen-bond acceptors (Lipinski definition) is 4. The molecule has 1 saturated heterocycles. The molecule has 4 rings (SSSR count). The number of hydrogen-bond donors (Lipinski definition) is 1. The minimum atomic E-state index is -0.160. The SMILES string of the molecule is O=C(NCCCN1CCCC1=O)c1ccc2nc(Cc3cccc(Cl)c3)oc2c1. The number of nitrogens with one attached hydrogen (secondary N) is 1. The fourth-order valence-electron chi connectivity index (χ4n) is 3.53. The van der Waals surface area contributed by atoms with E-state index in [0.29, 0.717) is 53.5 Å². The molecule has 1 aromatic heterocycles. The molecule has 0 atom stereocenters. The van der Waals surface area contributed by atoms with E-state index in [9.17, 15) is 9.59 Å². The topological polar surface area (TPSA) is 75.4 Å². The molecule has 29 heavy (non-hydrogen) atoms. The Morgan fingerprint density at radius 2 is 2.14 bits per heavy atom. The average molecular weight is 412 g/mol.